The van der Waals surface area contributed by atoms with Crippen LogP contribution in [0.2, 0.25) is 0 Å². The van der Waals surface area contributed by atoms with Crippen LogP contribution in [0.5, 0.6) is 0 Å². The standard InChI is InChI=1S/C20H27N5/c1-15-12-18(23-19(21)22-15)25-10-8-20(9-11-25)13-17(14-24(20)2)16-6-4-3-5-7-16/h3-7,12,17H,8-11,13-14H2,1-2H3,(H2,21,22,23). The second kappa shape index (κ2) is 6.30. The topological polar surface area (TPSA) is 58.3 Å². The van der Waals surface area contributed by atoms with Gasteiger partial charge >= 0.3 is 0 Å². The molecule has 2 fully saturated rings. The first-order valence-electron chi connectivity index (χ1n) is 9.18. The van der Waals surface area contributed by atoms with Crippen LogP contribution in [0.4, 0.5) is 11.8 Å². The molecule has 0 aliphatic carbocycles. The summed E-state index contributed by atoms with van der Waals surface area (Å²) in [5.74, 6) is 1.99. The Morgan fingerprint density at radius 3 is 2.52 bits per heavy atom. The maximum absolute atomic E-state index is 5.83. The molecule has 3 heterocycles. The molecule has 2 aromatic rings. The van der Waals surface area contributed by atoms with Crippen molar-refractivity contribution in [1.29, 1.82) is 0 Å². The summed E-state index contributed by atoms with van der Waals surface area (Å²) in [6, 6.07) is 13.0. The van der Waals surface area contributed by atoms with Crippen molar-refractivity contribution in [2.24, 2.45) is 0 Å². The zero-order chi connectivity index (χ0) is 17.4. The molecule has 2 saturated heterocycles. The number of nitrogens with two attached hydrogens (primary N) is 1. The van der Waals surface area contributed by atoms with Gasteiger partial charge in [-0.2, -0.15) is 4.98 Å². The molecule has 4 rings (SSSR count). The predicted molar refractivity (Wildman–Crippen MR) is 102 cm³/mol. The summed E-state index contributed by atoms with van der Waals surface area (Å²) in [7, 11) is 2.30. The summed E-state index contributed by atoms with van der Waals surface area (Å²) in [6.45, 7) is 5.19. The second-order valence-corrected chi connectivity index (χ2v) is 7.63. The highest BCUT2D eigenvalue weighted by molar-refractivity contribution is 5.44. The van der Waals surface area contributed by atoms with Gasteiger partial charge in [-0.05, 0) is 44.7 Å². The maximum Gasteiger partial charge on any atom is 0.222 e. The van der Waals surface area contributed by atoms with Gasteiger partial charge in [0.15, 0.2) is 0 Å². The van der Waals surface area contributed by atoms with Crippen LogP contribution < -0.4 is 10.6 Å². The van der Waals surface area contributed by atoms with E-state index in [4.69, 9.17) is 5.73 Å². The number of nitrogens with zero attached hydrogens (tertiary/aromatic N) is 4. The summed E-state index contributed by atoms with van der Waals surface area (Å²) < 4.78 is 0. The highest BCUT2D eigenvalue weighted by Crippen LogP contribution is 2.44. The molecule has 0 bridgehead atoms. The molecule has 2 N–H and O–H groups in total. The Morgan fingerprint density at radius 2 is 1.84 bits per heavy atom. The Bertz CT molecular complexity index is 717. The van der Waals surface area contributed by atoms with Crippen molar-refractivity contribution in [3.05, 3.63) is 47.7 Å². The van der Waals surface area contributed by atoms with Gasteiger partial charge in [0, 0.05) is 36.9 Å². The van der Waals surface area contributed by atoms with E-state index in [1.807, 2.05) is 13.0 Å². The monoisotopic (exact) mass is 337 g/mol. The third-order valence-electron chi connectivity index (χ3n) is 6.08. The van der Waals surface area contributed by atoms with Gasteiger partial charge in [0.25, 0.3) is 0 Å². The van der Waals surface area contributed by atoms with E-state index in [9.17, 15) is 0 Å². The van der Waals surface area contributed by atoms with E-state index in [-0.39, 0.29) is 0 Å². The predicted octanol–water partition coefficient (Wildman–Crippen LogP) is 2.83. The normalized spacial score (nSPS) is 23.3. The Hall–Kier alpha value is -2.14. The minimum atomic E-state index is 0.324. The molecule has 5 nitrogen and oxygen atoms in total. The van der Waals surface area contributed by atoms with Crippen molar-refractivity contribution in [2.75, 3.05) is 37.3 Å². The van der Waals surface area contributed by atoms with Crippen molar-refractivity contribution in [1.82, 2.24) is 14.9 Å². The lowest BCUT2D eigenvalue weighted by atomic mass is 9.81. The molecule has 1 atom stereocenters. The zero-order valence-electron chi connectivity index (χ0n) is 15.2. The fourth-order valence-corrected chi connectivity index (χ4v) is 4.63. The number of piperidine rings is 1. The molecule has 1 aromatic heterocycles. The Labute approximate surface area is 149 Å². The number of likely N-dealkylation sites (tertiary alicyclic amines) is 1. The van der Waals surface area contributed by atoms with E-state index in [1.54, 1.807) is 0 Å². The molecule has 2 aliphatic rings. The number of aryl methyl sites for hydroxylation is 1. The maximum atomic E-state index is 5.83. The van der Waals surface area contributed by atoms with Gasteiger partial charge in [-0.25, -0.2) is 4.98 Å². The lowest BCUT2D eigenvalue weighted by molar-refractivity contribution is 0.137. The molecule has 1 aromatic carbocycles. The average molecular weight is 337 g/mol. The van der Waals surface area contributed by atoms with Crippen LogP contribution in [-0.2, 0) is 0 Å². The van der Waals surface area contributed by atoms with E-state index < -0.39 is 0 Å². The number of aromatic nitrogens is 2. The van der Waals surface area contributed by atoms with E-state index in [0.29, 0.717) is 17.4 Å². The molecular weight excluding hydrogens is 310 g/mol. The summed E-state index contributed by atoms with van der Waals surface area (Å²) >= 11 is 0. The minimum absolute atomic E-state index is 0.324. The third-order valence-corrected chi connectivity index (χ3v) is 6.08. The van der Waals surface area contributed by atoms with Gasteiger partial charge in [-0.15, -0.1) is 0 Å². The average Bonchev–Trinajstić information content (AvgIpc) is 2.92. The van der Waals surface area contributed by atoms with Crippen LogP contribution >= 0.6 is 0 Å². The molecule has 25 heavy (non-hydrogen) atoms. The van der Waals surface area contributed by atoms with Gasteiger partial charge in [-0.1, -0.05) is 30.3 Å². The smallest absolute Gasteiger partial charge is 0.222 e. The first-order chi connectivity index (χ1) is 12.1. The summed E-state index contributed by atoms with van der Waals surface area (Å²) in [6.07, 6.45) is 3.61. The van der Waals surface area contributed by atoms with Gasteiger partial charge in [-0.3, -0.25) is 4.90 Å². The van der Waals surface area contributed by atoms with Crippen molar-refractivity contribution < 1.29 is 0 Å². The number of likely N-dealkylation sites (N-methyl/N-ethyl adjacent to an activating group) is 1. The van der Waals surface area contributed by atoms with Crippen LogP contribution in [0.15, 0.2) is 36.4 Å². The van der Waals surface area contributed by atoms with Gasteiger partial charge in [0.2, 0.25) is 5.95 Å². The highest BCUT2D eigenvalue weighted by atomic mass is 15.3. The van der Waals surface area contributed by atoms with Gasteiger partial charge < -0.3 is 10.6 Å². The largest absolute Gasteiger partial charge is 0.368 e. The van der Waals surface area contributed by atoms with Crippen molar-refractivity contribution in [3.63, 3.8) is 0 Å². The summed E-state index contributed by atoms with van der Waals surface area (Å²) in [5, 5.41) is 0. The van der Waals surface area contributed by atoms with Crippen molar-refractivity contribution in [3.8, 4) is 0 Å². The fourth-order valence-electron chi connectivity index (χ4n) is 4.63. The molecule has 1 spiro atoms. The number of rotatable bonds is 2. The van der Waals surface area contributed by atoms with E-state index in [2.05, 4.69) is 57.1 Å². The molecule has 2 aliphatic heterocycles. The Morgan fingerprint density at radius 1 is 1.12 bits per heavy atom. The number of hydrogen-bond acceptors (Lipinski definition) is 5. The van der Waals surface area contributed by atoms with E-state index in [1.165, 1.54) is 24.8 Å². The number of hydrogen-bond donors (Lipinski definition) is 1. The van der Waals surface area contributed by atoms with E-state index >= 15 is 0 Å². The van der Waals surface area contributed by atoms with Crippen LogP contribution in [0, 0.1) is 6.92 Å². The quantitative estimate of drug-likeness (QED) is 0.913. The first-order valence-corrected chi connectivity index (χ1v) is 9.18. The number of benzene rings is 1. The lowest BCUT2D eigenvalue weighted by Gasteiger charge is -2.44. The summed E-state index contributed by atoms with van der Waals surface area (Å²) in [4.78, 5) is 13.6. The van der Waals surface area contributed by atoms with Crippen LogP contribution in [-0.4, -0.2) is 47.1 Å². The van der Waals surface area contributed by atoms with Crippen LogP contribution in [0.3, 0.4) is 0 Å². The number of nitrogen functional groups attached to an aromatic ring is 1. The molecular formula is C20H27N5. The molecule has 0 amide bonds. The van der Waals surface area contributed by atoms with Gasteiger partial charge in [0.05, 0.1) is 0 Å². The Kier molecular flexibility index (Phi) is 4.12. The van der Waals surface area contributed by atoms with Gasteiger partial charge in [0.1, 0.15) is 5.82 Å². The summed E-state index contributed by atoms with van der Waals surface area (Å²) in [5.41, 5.74) is 8.57. The minimum Gasteiger partial charge on any atom is -0.368 e. The highest BCUT2D eigenvalue weighted by Gasteiger charge is 2.45. The van der Waals surface area contributed by atoms with E-state index in [0.717, 1.165) is 31.1 Å². The van der Waals surface area contributed by atoms with Crippen molar-refractivity contribution >= 4 is 11.8 Å². The van der Waals surface area contributed by atoms with Crippen molar-refractivity contribution in [2.45, 2.75) is 37.6 Å². The van der Waals surface area contributed by atoms with Crippen LogP contribution in [0.25, 0.3) is 0 Å². The number of anilines is 2. The molecule has 0 saturated carbocycles. The van der Waals surface area contributed by atoms with Crippen LogP contribution in [0.1, 0.15) is 36.4 Å². The molecule has 132 valence electrons. The SMILES string of the molecule is Cc1cc(N2CCC3(CC2)CC(c2ccccc2)CN3C)nc(N)n1. The Balaban J connectivity index is 1.47. The lowest BCUT2D eigenvalue weighted by Crippen LogP contribution is -2.50. The molecule has 1 unspecified atom stereocenters. The molecule has 5 heteroatoms. The fraction of sp³-hybridized carbons (Fsp3) is 0.500. The second-order valence-electron chi connectivity index (χ2n) is 7.63. The first kappa shape index (κ1) is 16.3. The molecule has 0 radical (unpaired) electrons. The zero-order valence-corrected chi connectivity index (χ0v) is 15.2. The third kappa shape index (κ3) is 3.09.